The molecular weight excluding hydrogens is 551 g/mol. The Morgan fingerprint density at radius 2 is 0.955 bits per heavy atom. The van der Waals surface area contributed by atoms with Crippen molar-refractivity contribution in [3.8, 4) is 39.1 Å². The lowest BCUT2D eigenvalue weighted by molar-refractivity contribution is 1.18. The second-order valence-electron chi connectivity index (χ2n) is 11.4. The standard InChI is InChI=1S/C42H27NS/c1-2-9-28(10-3-1)32-23-26-36-35-11-4-6-14-38(35)43(39(36)27-32)33-24-21-30(22-25-33)29-17-19-31(20-18-29)34-13-8-16-41-42(34)37-12-5-7-15-40(37)44-41/h1-27H. The summed E-state index contributed by atoms with van der Waals surface area (Å²) in [6.45, 7) is 0. The van der Waals surface area contributed by atoms with E-state index in [1.807, 2.05) is 11.3 Å². The number of hydrogen-bond acceptors (Lipinski definition) is 1. The fourth-order valence-electron chi connectivity index (χ4n) is 6.72. The highest BCUT2D eigenvalue weighted by molar-refractivity contribution is 7.25. The van der Waals surface area contributed by atoms with E-state index in [9.17, 15) is 0 Å². The van der Waals surface area contributed by atoms with Crippen molar-refractivity contribution in [3.63, 3.8) is 0 Å². The summed E-state index contributed by atoms with van der Waals surface area (Å²) in [6.07, 6.45) is 0. The molecule has 0 aliphatic rings. The molecule has 1 nitrogen and oxygen atoms in total. The highest BCUT2D eigenvalue weighted by Gasteiger charge is 2.14. The molecule has 2 heterocycles. The van der Waals surface area contributed by atoms with Gasteiger partial charge in [0.05, 0.1) is 11.0 Å². The van der Waals surface area contributed by atoms with Crippen LogP contribution in [-0.4, -0.2) is 4.57 Å². The van der Waals surface area contributed by atoms with Crippen LogP contribution in [0.3, 0.4) is 0 Å². The number of fused-ring (bicyclic) bond motifs is 6. The molecule has 0 atom stereocenters. The van der Waals surface area contributed by atoms with Gasteiger partial charge >= 0.3 is 0 Å². The Hall–Kier alpha value is -5.44. The van der Waals surface area contributed by atoms with E-state index in [0.717, 1.165) is 5.69 Å². The van der Waals surface area contributed by atoms with E-state index in [1.165, 1.54) is 75.4 Å². The van der Waals surface area contributed by atoms with Crippen molar-refractivity contribution in [2.45, 2.75) is 0 Å². The zero-order valence-corrected chi connectivity index (χ0v) is 24.8. The molecule has 0 N–H and O–H groups in total. The van der Waals surface area contributed by atoms with Crippen molar-refractivity contribution in [1.82, 2.24) is 4.57 Å². The van der Waals surface area contributed by atoms with E-state index < -0.39 is 0 Å². The predicted octanol–water partition coefficient (Wildman–Crippen LogP) is 12.2. The summed E-state index contributed by atoms with van der Waals surface area (Å²) >= 11 is 1.87. The maximum Gasteiger partial charge on any atom is 0.0547 e. The first-order valence-electron chi connectivity index (χ1n) is 15.0. The molecule has 0 spiro atoms. The van der Waals surface area contributed by atoms with Gasteiger partial charge in [0.2, 0.25) is 0 Å². The van der Waals surface area contributed by atoms with Crippen molar-refractivity contribution in [2.75, 3.05) is 0 Å². The molecule has 0 bridgehead atoms. The largest absolute Gasteiger partial charge is 0.309 e. The van der Waals surface area contributed by atoms with Crippen molar-refractivity contribution in [1.29, 1.82) is 0 Å². The van der Waals surface area contributed by atoms with Crippen molar-refractivity contribution < 1.29 is 0 Å². The summed E-state index contributed by atoms with van der Waals surface area (Å²) in [6, 6.07) is 59.6. The van der Waals surface area contributed by atoms with Crippen molar-refractivity contribution >= 4 is 53.3 Å². The maximum absolute atomic E-state index is 2.40. The minimum atomic E-state index is 1.16. The van der Waals surface area contributed by atoms with E-state index in [4.69, 9.17) is 0 Å². The van der Waals surface area contributed by atoms with Crippen molar-refractivity contribution in [2.24, 2.45) is 0 Å². The molecule has 0 radical (unpaired) electrons. The van der Waals surface area contributed by atoms with Gasteiger partial charge in [0.25, 0.3) is 0 Å². The summed E-state index contributed by atoms with van der Waals surface area (Å²) in [5.74, 6) is 0. The molecule has 2 aromatic heterocycles. The molecule has 206 valence electrons. The Bertz CT molecular complexity index is 2460. The topological polar surface area (TPSA) is 4.93 Å². The zero-order valence-electron chi connectivity index (χ0n) is 23.9. The minimum Gasteiger partial charge on any atom is -0.309 e. The second kappa shape index (κ2) is 10.1. The van der Waals surface area contributed by atoms with Gasteiger partial charge in [-0.1, -0.05) is 127 Å². The lowest BCUT2D eigenvalue weighted by Crippen LogP contribution is -1.94. The fraction of sp³-hybridized carbons (Fsp3) is 0. The van der Waals surface area contributed by atoms with Crippen LogP contribution in [0, 0.1) is 0 Å². The quantitative estimate of drug-likeness (QED) is 0.196. The Balaban J connectivity index is 1.10. The predicted molar refractivity (Wildman–Crippen MR) is 190 cm³/mol. The number of aromatic nitrogens is 1. The molecule has 0 unspecified atom stereocenters. The van der Waals surface area contributed by atoms with Crippen LogP contribution in [0.5, 0.6) is 0 Å². The van der Waals surface area contributed by atoms with Crippen LogP contribution in [0.1, 0.15) is 0 Å². The van der Waals surface area contributed by atoms with Crippen LogP contribution in [0.4, 0.5) is 0 Å². The smallest absolute Gasteiger partial charge is 0.0547 e. The van der Waals surface area contributed by atoms with E-state index in [0.29, 0.717) is 0 Å². The van der Waals surface area contributed by atoms with Gasteiger partial charge in [0.15, 0.2) is 0 Å². The monoisotopic (exact) mass is 577 g/mol. The van der Waals surface area contributed by atoms with Crippen LogP contribution < -0.4 is 0 Å². The molecule has 0 aliphatic carbocycles. The number of benzene rings is 7. The van der Waals surface area contributed by atoms with Crippen LogP contribution >= 0.6 is 11.3 Å². The van der Waals surface area contributed by atoms with Gasteiger partial charge in [-0.2, -0.15) is 0 Å². The number of nitrogens with zero attached hydrogens (tertiary/aromatic N) is 1. The number of rotatable bonds is 4. The molecule has 0 saturated heterocycles. The first-order valence-corrected chi connectivity index (χ1v) is 15.8. The summed E-state index contributed by atoms with van der Waals surface area (Å²) in [5, 5.41) is 5.24. The Labute approximate surface area is 259 Å². The molecule has 44 heavy (non-hydrogen) atoms. The summed E-state index contributed by atoms with van der Waals surface area (Å²) < 4.78 is 5.08. The molecule has 0 saturated carbocycles. The molecule has 2 heteroatoms. The van der Waals surface area contributed by atoms with Gasteiger partial charge in [-0.3, -0.25) is 0 Å². The Kier molecular flexibility index (Phi) is 5.75. The van der Waals surface area contributed by atoms with Gasteiger partial charge in [0, 0.05) is 36.6 Å². The third kappa shape index (κ3) is 4.00. The number of thiophene rings is 1. The third-order valence-electron chi connectivity index (χ3n) is 8.84. The van der Waals surface area contributed by atoms with E-state index in [-0.39, 0.29) is 0 Å². The SMILES string of the molecule is c1ccc(-c2ccc3c4ccccc4n(-c4ccc(-c5ccc(-c6cccc7sc8ccccc8c67)cc5)cc4)c3c2)cc1. The summed E-state index contributed by atoms with van der Waals surface area (Å²) in [7, 11) is 0. The number of hydrogen-bond donors (Lipinski definition) is 0. The molecule has 0 aliphatic heterocycles. The normalized spacial score (nSPS) is 11.6. The lowest BCUT2D eigenvalue weighted by Gasteiger charge is -2.11. The molecule has 9 aromatic rings. The van der Waals surface area contributed by atoms with Crippen molar-refractivity contribution in [3.05, 3.63) is 164 Å². The zero-order chi connectivity index (χ0) is 29.0. The van der Waals surface area contributed by atoms with Crippen LogP contribution in [0.25, 0.3) is 81.0 Å². The summed E-state index contributed by atoms with van der Waals surface area (Å²) in [4.78, 5) is 0. The fourth-order valence-corrected chi connectivity index (χ4v) is 7.85. The number of para-hydroxylation sites is 1. The molecule has 7 aromatic carbocycles. The molecule has 9 rings (SSSR count). The first kappa shape index (κ1) is 25.1. The third-order valence-corrected chi connectivity index (χ3v) is 9.97. The Morgan fingerprint density at radius 3 is 1.77 bits per heavy atom. The highest BCUT2D eigenvalue weighted by Crippen LogP contribution is 2.40. The molecule has 0 amide bonds. The van der Waals surface area contributed by atoms with E-state index in [1.54, 1.807) is 0 Å². The van der Waals surface area contributed by atoms with Crippen LogP contribution in [-0.2, 0) is 0 Å². The Morgan fingerprint density at radius 1 is 0.364 bits per heavy atom. The molecular formula is C42H27NS. The average molecular weight is 578 g/mol. The highest BCUT2D eigenvalue weighted by atomic mass is 32.1. The lowest BCUT2D eigenvalue weighted by atomic mass is 9.97. The van der Waals surface area contributed by atoms with Gasteiger partial charge in [-0.05, 0) is 69.8 Å². The van der Waals surface area contributed by atoms with Crippen LogP contribution in [0.15, 0.2) is 164 Å². The van der Waals surface area contributed by atoms with Crippen LogP contribution in [0.2, 0.25) is 0 Å². The first-order chi connectivity index (χ1) is 21.8. The molecule has 0 fully saturated rings. The second-order valence-corrected chi connectivity index (χ2v) is 12.4. The maximum atomic E-state index is 2.40. The average Bonchev–Trinajstić information content (AvgIpc) is 3.64. The summed E-state index contributed by atoms with van der Waals surface area (Å²) in [5.41, 5.74) is 11.0. The van der Waals surface area contributed by atoms with Gasteiger partial charge in [-0.15, -0.1) is 11.3 Å². The van der Waals surface area contributed by atoms with Gasteiger partial charge in [-0.25, -0.2) is 0 Å². The minimum absolute atomic E-state index is 1.16. The van der Waals surface area contributed by atoms with E-state index >= 15 is 0 Å². The van der Waals surface area contributed by atoms with Gasteiger partial charge < -0.3 is 4.57 Å². The van der Waals surface area contributed by atoms with Gasteiger partial charge in [0.1, 0.15) is 0 Å². The van der Waals surface area contributed by atoms with E-state index in [2.05, 4.69) is 168 Å².